The fourth-order valence-electron chi connectivity index (χ4n) is 1.43. The molecule has 3 heteroatoms. The first kappa shape index (κ1) is 10.2. The topological polar surface area (TPSA) is 41.5 Å². The molecule has 1 saturated carbocycles. The molecular formula is C10H18N2O. The molecule has 0 aromatic rings. The second-order valence-corrected chi connectivity index (χ2v) is 3.75. The third kappa shape index (κ3) is 3.57. The molecule has 0 saturated heterocycles. The molecule has 0 aliphatic heterocycles. The molecule has 13 heavy (non-hydrogen) atoms. The highest BCUT2D eigenvalue weighted by molar-refractivity contribution is 5.86. The van der Waals surface area contributed by atoms with Crippen molar-refractivity contribution in [3.05, 3.63) is 0 Å². The van der Waals surface area contributed by atoms with E-state index in [1.165, 1.54) is 12.8 Å². The van der Waals surface area contributed by atoms with Crippen LogP contribution in [0.25, 0.3) is 0 Å². The molecule has 74 valence electrons. The predicted octanol–water partition coefficient (Wildman–Crippen LogP) is 2.08. The highest BCUT2D eigenvalue weighted by Gasteiger charge is 2.13. The minimum Gasteiger partial charge on any atom is -0.273 e. The van der Waals surface area contributed by atoms with Crippen LogP contribution in [0, 0.1) is 5.92 Å². The number of carbonyl (C=O) groups excluding carboxylic acids is 1. The second-order valence-electron chi connectivity index (χ2n) is 3.75. The summed E-state index contributed by atoms with van der Waals surface area (Å²) < 4.78 is 0. The molecule has 1 fully saturated rings. The van der Waals surface area contributed by atoms with Crippen molar-refractivity contribution in [1.82, 2.24) is 5.43 Å². The van der Waals surface area contributed by atoms with Crippen LogP contribution in [-0.2, 0) is 4.79 Å². The monoisotopic (exact) mass is 182 g/mol. The summed E-state index contributed by atoms with van der Waals surface area (Å²) in [6.45, 7) is 4.10. The fourth-order valence-corrected chi connectivity index (χ4v) is 1.43. The maximum Gasteiger partial charge on any atom is 0.239 e. The Morgan fingerprint density at radius 3 is 2.69 bits per heavy atom. The van der Waals surface area contributed by atoms with E-state index in [0.717, 1.165) is 24.5 Å². The highest BCUT2D eigenvalue weighted by Crippen LogP contribution is 2.20. The van der Waals surface area contributed by atoms with Crippen molar-refractivity contribution in [3.63, 3.8) is 0 Å². The minimum absolute atomic E-state index is 0.00567. The van der Waals surface area contributed by atoms with Gasteiger partial charge in [0.1, 0.15) is 0 Å². The van der Waals surface area contributed by atoms with Gasteiger partial charge in [-0.3, -0.25) is 4.79 Å². The number of hydrogen-bond acceptors (Lipinski definition) is 2. The molecule has 1 amide bonds. The van der Waals surface area contributed by atoms with Gasteiger partial charge in [0.05, 0.1) is 0 Å². The summed E-state index contributed by atoms with van der Waals surface area (Å²) in [5.41, 5.74) is 3.72. The number of hydrogen-bond donors (Lipinski definition) is 1. The molecule has 1 N–H and O–H groups in total. The molecular weight excluding hydrogens is 164 g/mol. The van der Waals surface area contributed by atoms with Crippen molar-refractivity contribution >= 4 is 11.6 Å². The van der Waals surface area contributed by atoms with Crippen molar-refractivity contribution in [2.45, 2.75) is 46.0 Å². The normalized spacial score (nSPS) is 22.6. The van der Waals surface area contributed by atoms with Crippen LogP contribution in [0.15, 0.2) is 5.10 Å². The van der Waals surface area contributed by atoms with Gasteiger partial charge < -0.3 is 0 Å². The largest absolute Gasteiger partial charge is 0.273 e. The number of carbonyl (C=O) groups is 1. The van der Waals surface area contributed by atoms with Crippen molar-refractivity contribution in [3.8, 4) is 0 Å². The number of rotatable bonds is 2. The second kappa shape index (κ2) is 5.00. The molecule has 1 aliphatic carbocycles. The van der Waals surface area contributed by atoms with Gasteiger partial charge in [0.25, 0.3) is 0 Å². The van der Waals surface area contributed by atoms with Gasteiger partial charge in [-0.15, -0.1) is 0 Å². The number of nitrogens with zero attached hydrogens (tertiary/aromatic N) is 1. The van der Waals surface area contributed by atoms with Crippen LogP contribution in [0.5, 0.6) is 0 Å². The third-order valence-electron chi connectivity index (χ3n) is 2.51. The first-order valence-corrected chi connectivity index (χ1v) is 5.06. The van der Waals surface area contributed by atoms with E-state index in [-0.39, 0.29) is 5.91 Å². The smallest absolute Gasteiger partial charge is 0.239 e. The molecule has 3 nitrogen and oxygen atoms in total. The molecule has 0 bridgehead atoms. The number of nitrogens with one attached hydrogen (secondary N) is 1. The summed E-state index contributed by atoms with van der Waals surface area (Å²) in [6, 6.07) is 0. The quantitative estimate of drug-likeness (QED) is 0.653. The predicted molar refractivity (Wildman–Crippen MR) is 53.5 cm³/mol. The van der Waals surface area contributed by atoms with Gasteiger partial charge in [-0.25, -0.2) is 5.43 Å². The van der Waals surface area contributed by atoms with E-state index in [0.29, 0.717) is 6.42 Å². The van der Waals surface area contributed by atoms with Gasteiger partial charge >= 0.3 is 0 Å². The van der Waals surface area contributed by atoms with Crippen molar-refractivity contribution in [2.24, 2.45) is 11.0 Å². The van der Waals surface area contributed by atoms with Crippen LogP contribution >= 0.6 is 0 Å². The Morgan fingerprint density at radius 1 is 1.54 bits per heavy atom. The molecule has 0 spiro atoms. The zero-order valence-corrected chi connectivity index (χ0v) is 8.47. The van der Waals surface area contributed by atoms with E-state index in [1.54, 1.807) is 0 Å². The Hall–Kier alpha value is -0.860. The number of amides is 1. The lowest BCUT2D eigenvalue weighted by atomic mass is 9.90. The maximum absolute atomic E-state index is 10.9. The lowest BCUT2D eigenvalue weighted by molar-refractivity contribution is -0.120. The van der Waals surface area contributed by atoms with E-state index in [4.69, 9.17) is 0 Å². The SMILES string of the molecule is CCC(=O)NN=C1CCC(C)CC1. The lowest BCUT2D eigenvalue weighted by Crippen LogP contribution is -2.20. The van der Waals surface area contributed by atoms with Gasteiger partial charge in [0.15, 0.2) is 0 Å². The highest BCUT2D eigenvalue weighted by atomic mass is 16.2. The van der Waals surface area contributed by atoms with E-state index >= 15 is 0 Å². The lowest BCUT2D eigenvalue weighted by Gasteiger charge is -2.18. The summed E-state index contributed by atoms with van der Waals surface area (Å²) >= 11 is 0. The van der Waals surface area contributed by atoms with E-state index in [9.17, 15) is 4.79 Å². The van der Waals surface area contributed by atoms with Crippen LogP contribution in [0.2, 0.25) is 0 Å². The van der Waals surface area contributed by atoms with Gasteiger partial charge in [-0.2, -0.15) is 5.10 Å². The molecule has 0 radical (unpaired) electrons. The van der Waals surface area contributed by atoms with Crippen LogP contribution in [0.4, 0.5) is 0 Å². The zero-order valence-electron chi connectivity index (χ0n) is 8.47. The van der Waals surface area contributed by atoms with Crippen LogP contribution < -0.4 is 5.43 Å². The third-order valence-corrected chi connectivity index (χ3v) is 2.51. The molecule has 0 atom stereocenters. The summed E-state index contributed by atoms with van der Waals surface area (Å²) in [5.74, 6) is 0.826. The van der Waals surface area contributed by atoms with Crippen LogP contribution in [0.1, 0.15) is 46.0 Å². The van der Waals surface area contributed by atoms with Crippen LogP contribution in [-0.4, -0.2) is 11.6 Å². The Morgan fingerprint density at radius 2 is 2.15 bits per heavy atom. The van der Waals surface area contributed by atoms with Gasteiger partial charge in [-0.1, -0.05) is 13.8 Å². The average molecular weight is 182 g/mol. The Balaban J connectivity index is 2.31. The van der Waals surface area contributed by atoms with Gasteiger partial charge in [-0.05, 0) is 31.6 Å². The van der Waals surface area contributed by atoms with Crippen LogP contribution in [0.3, 0.4) is 0 Å². The van der Waals surface area contributed by atoms with E-state index < -0.39 is 0 Å². The summed E-state index contributed by atoms with van der Waals surface area (Å²) in [6.07, 6.45) is 5.02. The Bertz CT molecular complexity index is 201. The van der Waals surface area contributed by atoms with Gasteiger partial charge in [0, 0.05) is 12.1 Å². The zero-order chi connectivity index (χ0) is 9.68. The van der Waals surface area contributed by atoms with E-state index in [2.05, 4.69) is 17.5 Å². The summed E-state index contributed by atoms with van der Waals surface area (Å²) in [7, 11) is 0. The van der Waals surface area contributed by atoms with E-state index in [1.807, 2.05) is 6.92 Å². The fraction of sp³-hybridized carbons (Fsp3) is 0.800. The summed E-state index contributed by atoms with van der Waals surface area (Å²) in [5, 5.41) is 4.11. The minimum atomic E-state index is 0.00567. The molecule has 1 rings (SSSR count). The maximum atomic E-state index is 10.9. The molecule has 0 aromatic carbocycles. The number of hydrazone groups is 1. The molecule has 0 aromatic heterocycles. The first-order chi connectivity index (χ1) is 6.22. The summed E-state index contributed by atoms with van der Waals surface area (Å²) in [4.78, 5) is 10.9. The van der Waals surface area contributed by atoms with Crippen molar-refractivity contribution in [2.75, 3.05) is 0 Å². The Labute approximate surface area is 79.6 Å². The standard InChI is InChI=1S/C10H18N2O/c1-3-10(13)12-11-9-6-4-8(2)5-7-9/h8H,3-7H2,1-2H3,(H,12,13). The van der Waals surface area contributed by atoms with Gasteiger partial charge in [0.2, 0.25) is 5.91 Å². The Kier molecular flexibility index (Phi) is 3.93. The molecule has 0 unspecified atom stereocenters. The van der Waals surface area contributed by atoms with Crippen molar-refractivity contribution in [1.29, 1.82) is 0 Å². The molecule has 0 heterocycles. The van der Waals surface area contributed by atoms with Crippen molar-refractivity contribution < 1.29 is 4.79 Å². The molecule has 1 aliphatic rings. The average Bonchev–Trinajstić information content (AvgIpc) is 2.16. The first-order valence-electron chi connectivity index (χ1n) is 5.06.